The number of carbonyl (C=O) groups is 3. The molecule has 2 N–H and O–H groups in total. The predicted octanol–water partition coefficient (Wildman–Crippen LogP) is 2.87. The second-order valence-electron chi connectivity index (χ2n) is 5.52. The van der Waals surface area contributed by atoms with E-state index >= 15 is 0 Å². The van der Waals surface area contributed by atoms with Crippen molar-refractivity contribution in [1.82, 2.24) is 0 Å². The largest absolute Gasteiger partial charge is 0.495 e. The van der Waals surface area contributed by atoms with Gasteiger partial charge in [-0.1, -0.05) is 12.1 Å². The maximum Gasteiger partial charge on any atom is 0.262 e. The molecule has 2 amide bonds. The molecule has 0 fully saturated rings. The van der Waals surface area contributed by atoms with Crippen molar-refractivity contribution in [3.05, 3.63) is 48.0 Å². The number of hydrogen-bond donors (Lipinski definition) is 2. The van der Waals surface area contributed by atoms with Crippen LogP contribution in [0.15, 0.2) is 42.5 Å². The highest BCUT2D eigenvalue weighted by Crippen LogP contribution is 2.27. The third-order valence-corrected chi connectivity index (χ3v) is 3.40. The first-order valence-corrected chi connectivity index (χ1v) is 7.88. The van der Waals surface area contributed by atoms with Crippen molar-refractivity contribution < 1.29 is 23.9 Å². The van der Waals surface area contributed by atoms with Gasteiger partial charge in [-0.3, -0.25) is 14.4 Å². The maximum atomic E-state index is 12.2. The SMILES string of the molecule is COc1ccc(NC(C)=O)cc1NC(=O)COc1cccc(C(C)=O)c1. The Morgan fingerprint density at radius 1 is 1.00 bits per heavy atom. The molecule has 26 heavy (non-hydrogen) atoms. The van der Waals surface area contributed by atoms with Crippen molar-refractivity contribution in [2.75, 3.05) is 24.4 Å². The van der Waals surface area contributed by atoms with E-state index in [1.165, 1.54) is 21.0 Å². The fourth-order valence-corrected chi connectivity index (χ4v) is 2.23. The van der Waals surface area contributed by atoms with Gasteiger partial charge in [-0.15, -0.1) is 0 Å². The maximum absolute atomic E-state index is 12.2. The van der Waals surface area contributed by atoms with Crippen molar-refractivity contribution in [3.8, 4) is 11.5 Å². The number of carbonyl (C=O) groups excluding carboxylic acids is 3. The molecule has 7 nitrogen and oxygen atoms in total. The molecule has 136 valence electrons. The van der Waals surface area contributed by atoms with Crippen molar-refractivity contribution in [2.24, 2.45) is 0 Å². The molecule has 0 radical (unpaired) electrons. The number of hydrogen-bond acceptors (Lipinski definition) is 5. The molecule has 0 saturated heterocycles. The molecular weight excluding hydrogens is 336 g/mol. The van der Waals surface area contributed by atoms with Crippen molar-refractivity contribution in [3.63, 3.8) is 0 Å². The molecule has 0 heterocycles. The molecule has 0 aromatic heterocycles. The fourth-order valence-electron chi connectivity index (χ4n) is 2.23. The van der Waals surface area contributed by atoms with Gasteiger partial charge in [-0.05, 0) is 37.3 Å². The van der Waals surface area contributed by atoms with Crippen LogP contribution in [0.5, 0.6) is 11.5 Å². The highest BCUT2D eigenvalue weighted by Gasteiger charge is 2.10. The number of amides is 2. The molecule has 0 bridgehead atoms. The molecule has 2 rings (SSSR count). The van der Waals surface area contributed by atoms with E-state index in [9.17, 15) is 14.4 Å². The lowest BCUT2D eigenvalue weighted by atomic mass is 10.1. The molecule has 0 aliphatic heterocycles. The standard InChI is InChI=1S/C19H20N2O5/c1-12(22)14-5-4-6-16(9-14)26-11-19(24)21-17-10-15(20-13(2)23)7-8-18(17)25-3/h4-10H,11H2,1-3H3,(H,20,23)(H,21,24). The van der Waals surface area contributed by atoms with Crippen LogP contribution in [0.1, 0.15) is 24.2 Å². The highest BCUT2D eigenvalue weighted by molar-refractivity contribution is 5.96. The van der Waals surface area contributed by atoms with Crippen molar-refractivity contribution in [2.45, 2.75) is 13.8 Å². The van der Waals surface area contributed by atoms with E-state index in [1.54, 1.807) is 42.5 Å². The number of rotatable bonds is 7. The summed E-state index contributed by atoms with van der Waals surface area (Å²) in [6.45, 7) is 2.61. The normalized spacial score (nSPS) is 9.96. The van der Waals surface area contributed by atoms with Crippen LogP contribution in [0.3, 0.4) is 0 Å². The predicted molar refractivity (Wildman–Crippen MR) is 97.9 cm³/mol. The Morgan fingerprint density at radius 2 is 1.77 bits per heavy atom. The van der Waals surface area contributed by atoms with Crippen LogP contribution in [0.25, 0.3) is 0 Å². The summed E-state index contributed by atoms with van der Waals surface area (Å²) < 4.78 is 10.6. The van der Waals surface area contributed by atoms with Gasteiger partial charge in [-0.2, -0.15) is 0 Å². The van der Waals surface area contributed by atoms with Crippen molar-refractivity contribution >= 4 is 29.0 Å². The first-order chi connectivity index (χ1) is 12.4. The van der Waals surface area contributed by atoms with E-state index in [2.05, 4.69) is 10.6 Å². The van der Waals surface area contributed by atoms with E-state index in [0.29, 0.717) is 28.4 Å². The lowest BCUT2D eigenvalue weighted by Crippen LogP contribution is -2.20. The van der Waals surface area contributed by atoms with Crippen LogP contribution in [-0.2, 0) is 9.59 Å². The molecule has 0 unspecified atom stereocenters. The zero-order chi connectivity index (χ0) is 19.1. The summed E-state index contributed by atoms with van der Waals surface area (Å²) in [6, 6.07) is 11.5. The Bertz CT molecular complexity index is 832. The molecule has 2 aromatic carbocycles. The second-order valence-corrected chi connectivity index (χ2v) is 5.52. The first-order valence-electron chi connectivity index (χ1n) is 7.88. The van der Waals surface area contributed by atoms with Gasteiger partial charge in [0, 0.05) is 18.2 Å². The van der Waals surface area contributed by atoms with E-state index in [4.69, 9.17) is 9.47 Å². The highest BCUT2D eigenvalue weighted by atomic mass is 16.5. The Hall–Kier alpha value is -3.35. The number of Topliss-reactive ketones (excluding diaryl/α,β-unsaturated/α-hetero) is 1. The van der Waals surface area contributed by atoms with E-state index < -0.39 is 5.91 Å². The number of benzene rings is 2. The van der Waals surface area contributed by atoms with Crippen LogP contribution < -0.4 is 20.1 Å². The van der Waals surface area contributed by atoms with Crippen molar-refractivity contribution in [1.29, 1.82) is 0 Å². The Kier molecular flexibility index (Phi) is 6.32. The summed E-state index contributed by atoms with van der Waals surface area (Å²) in [4.78, 5) is 34.7. The minimum Gasteiger partial charge on any atom is -0.495 e. The number of ketones is 1. The van der Waals surface area contributed by atoms with E-state index in [-0.39, 0.29) is 18.3 Å². The van der Waals surface area contributed by atoms with Crippen LogP contribution in [0.2, 0.25) is 0 Å². The van der Waals surface area contributed by atoms with E-state index in [1.807, 2.05) is 0 Å². The molecule has 0 aliphatic carbocycles. The summed E-state index contributed by atoms with van der Waals surface area (Å²) >= 11 is 0. The lowest BCUT2D eigenvalue weighted by Gasteiger charge is -2.13. The van der Waals surface area contributed by atoms with Gasteiger partial charge in [-0.25, -0.2) is 0 Å². The first kappa shape index (κ1) is 19.0. The number of nitrogens with one attached hydrogen (secondary N) is 2. The summed E-state index contributed by atoms with van der Waals surface area (Å²) in [7, 11) is 1.48. The monoisotopic (exact) mass is 356 g/mol. The van der Waals surface area contributed by atoms with Gasteiger partial charge in [0.05, 0.1) is 12.8 Å². The van der Waals surface area contributed by atoms with Gasteiger partial charge in [0.25, 0.3) is 5.91 Å². The number of methoxy groups -OCH3 is 1. The fraction of sp³-hybridized carbons (Fsp3) is 0.211. The van der Waals surface area contributed by atoms with Gasteiger partial charge < -0.3 is 20.1 Å². The molecule has 0 spiro atoms. The quantitative estimate of drug-likeness (QED) is 0.744. The molecular formula is C19H20N2O5. The summed E-state index contributed by atoms with van der Waals surface area (Å²) in [5.41, 5.74) is 1.45. The smallest absolute Gasteiger partial charge is 0.262 e. The summed E-state index contributed by atoms with van der Waals surface area (Å²) in [6.07, 6.45) is 0. The second kappa shape index (κ2) is 8.66. The topological polar surface area (TPSA) is 93.7 Å². The molecule has 0 saturated carbocycles. The lowest BCUT2D eigenvalue weighted by molar-refractivity contribution is -0.118. The van der Waals surface area contributed by atoms with Gasteiger partial charge >= 0.3 is 0 Å². The van der Waals surface area contributed by atoms with Crippen LogP contribution in [-0.4, -0.2) is 31.3 Å². The van der Waals surface area contributed by atoms with E-state index in [0.717, 1.165) is 0 Å². The van der Waals surface area contributed by atoms with Crippen LogP contribution in [0.4, 0.5) is 11.4 Å². The summed E-state index contributed by atoms with van der Waals surface area (Å²) in [5.74, 6) is 0.162. The average Bonchev–Trinajstić information content (AvgIpc) is 2.60. The molecule has 0 atom stereocenters. The van der Waals surface area contributed by atoms with Gasteiger partial charge in [0.1, 0.15) is 11.5 Å². The number of anilines is 2. The Morgan fingerprint density at radius 3 is 2.42 bits per heavy atom. The third-order valence-electron chi connectivity index (χ3n) is 3.40. The van der Waals surface area contributed by atoms with Gasteiger partial charge in [0.2, 0.25) is 5.91 Å². The minimum atomic E-state index is -0.406. The van der Waals surface area contributed by atoms with Gasteiger partial charge in [0.15, 0.2) is 12.4 Å². The summed E-state index contributed by atoms with van der Waals surface area (Å²) in [5, 5.41) is 5.31. The van der Waals surface area contributed by atoms with Crippen LogP contribution >= 0.6 is 0 Å². The Labute approximate surface area is 151 Å². The zero-order valence-corrected chi connectivity index (χ0v) is 14.8. The van der Waals surface area contributed by atoms with Crippen LogP contribution in [0, 0.1) is 0 Å². The zero-order valence-electron chi connectivity index (χ0n) is 14.8. The Balaban J connectivity index is 2.04. The minimum absolute atomic E-state index is 0.0839. The molecule has 7 heteroatoms. The third kappa shape index (κ3) is 5.34. The number of ether oxygens (including phenoxy) is 2. The molecule has 0 aliphatic rings. The molecule has 2 aromatic rings. The average molecular weight is 356 g/mol.